The second-order valence-corrected chi connectivity index (χ2v) is 7.08. The van der Waals surface area contributed by atoms with Crippen molar-refractivity contribution in [1.29, 1.82) is 0 Å². The zero-order chi connectivity index (χ0) is 14.1. The lowest BCUT2D eigenvalue weighted by atomic mass is 10.0. The molecular formula is C13H28N2O3S. The van der Waals surface area contributed by atoms with E-state index in [0.717, 1.165) is 38.7 Å². The fraction of sp³-hybridized carbons (Fsp3) is 1.00. The lowest BCUT2D eigenvalue weighted by Gasteiger charge is -2.29. The van der Waals surface area contributed by atoms with Crippen molar-refractivity contribution in [3.63, 3.8) is 0 Å². The molecule has 19 heavy (non-hydrogen) atoms. The molecule has 0 radical (unpaired) electrons. The standard InChI is InChI=1S/C13H28N2O3S/c1-3-4-10-18-11-6-8-14-19(16,17)15-9-5-7-13(2)12-15/h13-14H,3-12H2,1-2H3. The Morgan fingerprint density at radius 3 is 2.74 bits per heavy atom. The zero-order valence-electron chi connectivity index (χ0n) is 12.2. The van der Waals surface area contributed by atoms with E-state index in [1.54, 1.807) is 4.31 Å². The number of hydrogen-bond donors (Lipinski definition) is 1. The fourth-order valence-electron chi connectivity index (χ4n) is 2.18. The molecule has 0 aromatic heterocycles. The molecule has 0 aliphatic carbocycles. The molecule has 1 saturated heterocycles. The van der Waals surface area contributed by atoms with Crippen molar-refractivity contribution in [1.82, 2.24) is 9.03 Å². The molecule has 1 unspecified atom stereocenters. The van der Waals surface area contributed by atoms with Crippen LogP contribution in [0.3, 0.4) is 0 Å². The minimum Gasteiger partial charge on any atom is -0.381 e. The highest BCUT2D eigenvalue weighted by Gasteiger charge is 2.26. The van der Waals surface area contributed by atoms with Crippen LogP contribution in [0.2, 0.25) is 0 Å². The van der Waals surface area contributed by atoms with Crippen LogP contribution in [0, 0.1) is 5.92 Å². The first-order chi connectivity index (χ1) is 9.06. The molecule has 5 nitrogen and oxygen atoms in total. The molecular weight excluding hydrogens is 264 g/mol. The predicted octanol–water partition coefficient (Wildman–Crippen LogP) is 1.76. The van der Waals surface area contributed by atoms with Crippen LogP contribution < -0.4 is 4.72 Å². The highest BCUT2D eigenvalue weighted by molar-refractivity contribution is 7.87. The van der Waals surface area contributed by atoms with Gasteiger partial charge in [0, 0.05) is 32.8 Å². The van der Waals surface area contributed by atoms with Crippen molar-refractivity contribution in [2.75, 3.05) is 32.8 Å². The van der Waals surface area contributed by atoms with Crippen LogP contribution in [-0.2, 0) is 14.9 Å². The van der Waals surface area contributed by atoms with Gasteiger partial charge in [-0.2, -0.15) is 12.7 Å². The highest BCUT2D eigenvalue weighted by Crippen LogP contribution is 2.17. The summed E-state index contributed by atoms with van der Waals surface area (Å²) in [4.78, 5) is 0. The maximum atomic E-state index is 12.0. The monoisotopic (exact) mass is 292 g/mol. The first-order valence-electron chi connectivity index (χ1n) is 7.38. The van der Waals surface area contributed by atoms with Crippen molar-refractivity contribution >= 4 is 10.2 Å². The molecule has 0 saturated carbocycles. The lowest BCUT2D eigenvalue weighted by molar-refractivity contribution is 0.129. The molecule has 1 heterocycles. The molecule has 1 N–H and O–H groups in total. The summed E-state index contributed by atoms with van der Waals surface area (Å²) in [6, 6.07) is 0. The van der Waals surface area contributed by atoms with Gasteiger partial charge in [-0.15, -0.1) is 0 Å². The molecule has 1 fully saturated rings. The second-order valence-electron chi connectivity index (χ2n) is 5.32. The molecule has 0 spiro atoms. The first kappa shape index (κ1) is 16.9. The minimum absolute atomic E-state index is 0.458. The van der Waals surface area contributed by atoms with Gasteiger partial charge in [-0.1, -0.05) is 20.3 Å². The number of ether oxygens (including phenoxy) is 1. The largest absolute Gasteiger partial charge is 0.381 e. The molecule has 0 aromatic rings. The third-order valence-electron chi connectivity index (χ3n) is 3.35. The Labute approximate surface area is 117 Å². The normalized spacial score (nSPS) is 21.7. The Bertz CT molecular complexity index is 333. The predicted molar refractivity (Wildman–Crippen MR) is 77.2 cm³/mol. The van der Waals surface area contributed by atoms with Gasteiger partial charge >= 0.3 is 0 Å². The van der Waals surface area contributed by atoms with Crippen LogP contribution >= 0.6 is 0 Å². The van der Waals surface area contributed by atoms with Gasteiger partial charge in [0.1, 0.15) is 0 Å². The zero-order valence-corrected chi connectivity index (χ0v) is 13.0. The summed E-state index contributed by atoms with van der Waals surface area (Å²) in [7, 11) is -3.29. The Morgan fingerprint density at radius 1 is 1.32 bits per heavy atom. The van der Waals surface area contributed by atoms with Crippen LogP contribution in [0.1, 0.15) is 46.0 Å². The Morgan fingerprint density at radius 2 is 2.05 bits per heavy atom. The van der Waals surface area contributed by atoms with Crippen LogP contribution in [0.4, 0.5) is 0 Å². The smallest absolute Gasteiger partial charge is 0.279 e. The van der Waals surface area contributed by atoms with E-state index in [2.05, 4.69) is 18.6 Å². The van der Waals surface area contributed by atoms with Crippen molar-refractivity contribution in [2.24, 2.45) is 5.92 Å². The number of piperidine rings is 1. The van der Waals surface area contributed by atoms with Crippen molar-refractivity contribution in [3.8, 4) is 0 Å². The Hall–Kier alpha value is -0.170. The number of rotatable bonds is 9. The summed E-state index contributed by atoms with van der Waals surface area (Å²) in [6.07, 6.45) is 5.00. The van der Waals surface area contributed by atoms with Crippen LogP contribution in [0.5, 0.6) is 0 Å². The van der Waals surface area contributed by atoms with E-state index in [9.17, 15) is 8.42 Å². The van der Waals surface area contributed by atoms with Gasteiger partial charge in [-0.25, -0.2) is 4.72 Å². The number of unbranched alkanes of at least 4 members (excludes halogenated alkanes) is 1. The topological polar surface area (TPSA) is 58.6 Å². The van der Waals surface area contributed by atoms with Gasteiger partial charge in [0.2, 0.25) is 0 Å². The van der Waals surface area contributed by atoms with Gasteiger partial charge in [0.05, 0.1) is 0 Å². The molecule has 1 aliphatic rings. The van der Waals surface area contributed by atoms with E-state index in [1.807, 2.05) is 0 Å². The first-order valence-corrected chi connectivity index (χ1v) is 8.82. The van der Waals surface area contributed by atoms with Gasteiger partial charge in [-0.3, -0.25) is 0 Å². The second kappa shape index (κ2) is 8.89. The maximum Gasteiger partial charge on any atom is 0.279 e. The number of nitrogens with zero attached hydrogens (tertiary/aromatic N) is 1. The molecule has 1 rings (SSSR count). The van der Waals surface area contributed by atoms with E-state index in [0.29, 0.717) is 32.2 Å². The molecule has 1 aliphatic heterocycles. The van der Waals surface area contributed by atoms with Crippen LogP contribution in [0.15, 0.2) is 0 Å². The highest BCUT2D eigenvalue weighted by atomic mass is 32.2. The van der Waals surface area contributed by atoms with Crippen LogP contribution in [-0.4, -0.2) is 45.6 Å². The summed E-state index contributed by atoms with van der Waals surface area (Å²) in [6.45, 7) is 7.36. The molecule has 0 bridgehead atoms. The molecule has 0 aromatic carbocycles. The van der Waals surface area contributed by atoms with Crippen molar-refractivity contribution in [3.05, 3.63) is 0 Å². The van der Waals surface area contributed by atoms with Gasteiger partial charge in [0.25, 0.3) is 10.2 Å². The lowest BCUT2D eigenvalue weighted by Crippen LogP contribution is -2.45. The summed E-state index contributed by atoms with van der Waals surface area (Å²) in [5, 5.41) is 0. The Kier molecular flexibility index (Phi) is 7.90. The van der Waals surface area contributed by atoms with Crippen molar-refractivity contribution in [2.45, 2.75) is 46.0 Å². The molecule has 114 valence electrons. The quantitative estimate of drug-likeness (QED) is 0.659. The van der Waals surface area contributed by atoms with E-state index in [1.165, 1.54) is 0 Å². The van der Waals surface area contributed by atoms with E-state index < -0.39 is 10.2 Å². The third-order valence-corrected chi connectivity index (χ3v) is 4.93. The van der Waals surface area contributed by atoms with E-state index >= 15 is 0 Å². The number of nitrogens with one attached hydrogen (secondary N) is 1. The third kappa shape index (κ3) is 6.70. The van der Waals surface area contributed by atoms with Gasteiger partial charge in [0.15, 0.2) is 0 Å². The Balaban J connectivity index is 2.16. The summed E-state index contributed by atoms with van der Waals surface area (Å²) >= 11 is 0. The molecule has 6 heteroatoms. The van der Waals surface area contributed by atoms with E-state index in [-0.39, 0.29) is 0 Å². The van der Waals surface area contributed by atoms with Gasteiger partial charge < -0.3 is 4.74 Å². The average Bonchev–Trinajstić information content (AvgIpc) is 2.38. The summed E-state index contributed by atoms with van der Waals surface area (Å²) < 4.78 is 33.7. The average molecular weight is 292 g/mol. The maximum absolute atomic E-state index is 12.0. The molecule has 1 atom stereocenters. The van der Waals surface area contributed by atoms with Crippen molar-refractivity contribution < 1.29 is 13.2 Å². The SMILES string of the molecule is CCCCOCCCNS(=O)(=O)N1CCCC(C)C1. The fourth-order valence-corrected chi connectivity index (χ4v) is 3.58. The van der Waals surface area contributed by atoms with Crippen LogP contribution in [0.25, 0.3) is 0 Å². The molecule has 0 amide bonds. The summed E-state index contributed by atoms with van der Waals surface area (Å²) in [5.74, 6) is 0.461. The number of hydrogen-bond acceptors (Lipinski definition) is 3. The van der Waals surface area contributed by atoms with Gasteiger partial charge in [-0.05, 0) is 31.6 Å². The minimum atomic E-state index is -3.29. The van der Waals surface area contributed by atoms with E-state index in [4.69, 9.17) is 4.74 Å². The summed E-state index contributed by atoms with van der Waals surface area (Å²) in [5.41, 5.74) is 0.